The van der Waals surface area contributed by atoms with Crippen molar-refractivity contribution in [3.05, 3.63) is 32.7 Å². The summed E-state index contributed by atoms with van der Waals surface area (Å²) in [7, 11) is 0. The van der Waals surface area contributed by atoms with Gasteiger partial charge >= 0.3 is 0 Å². The van der Waals surface area contributed by atoms with Crippen molar-refractivity contribution in [3.63, 3.8) is 0 Å². The normalized spacial score (nSPS) is 10.4. The van der Waals surface area contributed by atoms with Gasteiger partial charge in [-0.05, 0) is 101 Å². The predicted molar refractivity (Wildman–Crippen MR) is 127 cm³/mol. The lowest BCUT2D eigenvalue weighted by Crippen LogP contribution is -2.07. The molecule has 1 rings (SSSR count). The molecule has 0 atom stereocenters. The predicted octanol–water partition coefficient (Wildman–Crippen LogP) is 6.41. The van der Waals surface area contributed by atoms with E-state index in [1.54, 1.807) is 0 Å². The molecular formula is C22H33Br2NO4. The molecule has 7 heteroatoms. The van der Waals surface area contributed by atoms with Crippen LogP contribution >= 0.6 is 31.9 Å². The second kappa shape index (κ2) is 15.7. The van der Waals surface area contributed by atoms with Gasteiger partial charge in [0.05, 0.1) is 22.3 Å². The summed E-state index contributed by atoms with van der Waals surface area (Å²) >= 11 is 6.68. The quantitative estimate of drug-likeness (QED) is 0.148. The van der Waals surface area contributed by atoms with Crippen LogP contribution in [0.5, 0.6) is 11.5 Å². The van der Waals surface area contributed by atoms with E-state index in [2.05, 4.69) is 63.0 Å². The standard InChI is InChI=1S/C22H33Br2NO4/c1-5-18-15-20(27-12-9-21(23)24)16-19(6-2)22(18)28-11-8-7-10-26-13-14-29-25-17(3)4/h9,15-16H,5-8,10-14H2,1-4H3. The first-order valence-electron chi connectivity index (χ1n) is 10.1. The molecule has 29 heavy (non-hydrogen) atoms. The number of aryl methyl sites for hydroxylation is 2. The summed E-state index contributed by atoms with van der Waals surface area (Å²) in [6, 6.07) is 4.15. The Morgan fingerprint density at radius 1 is 0.931 bits per heavy atom. The van der Waals surface area contributed by atoms with Crippen LogP contribution in [0.1, 0.15) is 51.7 Å². The molecule has 0 aliphatic rings. The summed E-state index contributed by atoms with van der Waals surface area (Å²) in [5.74, 6) is 1.88. The van der Waals surface area contributed by atoms with Crippen molar-refractivity contribution in [3.8, 4) is 11.5 Å². The van der Waals surface area contributed by atoms with E-state index in [0.717, 1.165) is 46.3 Å². The molecule has 0 aromatic heterocycles. The van der Waals surface area contributed by atoms with E-state index in [4.69, 9.17) is 19.0 Å². The molecule has 0 saturated carbocycles. The van der Waals surface area contributed by atoms with Crippen LogP contribution in [0.4, 0.5) is 0 Å². The summed E-state index contributed by atoms with van der Waals surface area (Å²) in [5, 5.41) is 3.87. The third kappa shape index (κ3) is 11.6. The van der Waals surface area contributed by atoms with Crippen LogP contribution in [0.25, 0.3) is 0 Å². The Balaban J connectivity index is 2.42. The van der Waals surface area contributed by atoms with Crippen molar-refractivity contribution in [2.45, 2.75) is 53.4 Å². The zero-order valence-corrected chi connectivity index (χ0v) is 21.1. The molecule has 0 heterocycles. The molecule has 0 saturated heterocycles. The number of rotatable bonds is 15. The maximum Gasteiger partial charge on any atom is 0.140 e. The van der Waals surface area contributed by atoms with Gasteiger partial charge in [-0.25, -0.2) is 0 Å². The zero-order valence-electron chi connectivity index (χ0n) is 17.9. The van der Waals surface area contributed by atoms with Gasteiger partial charge in [-0.15, -0.1) is 0 Å². The minimum Gasteiger partial charge on any atom is -0.493 e. The summed E-state index contributed by atoms with van der Waals surface area (Å²) < 4.78 is 18.4. The molecule has 0 radical (unpaired) electrons. The van der Waals surface area contributed by atoms with E-state index in [1.165, 1.54) is 11.1 Å². The monoisotopic (exact) mass is 533 g/mol. The van der Waals surface area contributed by atoms with E-state index in [9.17, 15) is 0 Å². The molecular weight excluding hydrogens is 502 g/mol. The molecule has 0 unspecified atom stereocenters. The average Bonchev–Trinajstić information content (AvgIpc) is 2.68. The van der Waals surface area contributed by atoms with Crippen molar-refractivity contribution in [1.29, 1.82) is 0 Å². The minimum atomic E-state index is 0.484. The van der Waals surface area contributed by atoms with Crippen LogP contribution in [-0.2, 0) is 22.4 Å². The van der Waals surface area contributed by atoms with Crippen LogP contribution in [0.2, 0.25) is 0 Å². The first-order valence-corrected chi connectivity index (χ1v) is 11.7. The lowest BCUT2D eigenvalue weighted by Gasteiger charge is -2.17. The fraction of sp³-hybridized carbons (Fsp3) is 0.591. The molecule has 0 aliphatic heterocycles. The fourth-order valence-electron chi connectivity index (χ4n) is 2.57. The molecule has 0 bridgehead atoms. The van der Waals surface area contributed by atoms with Crippen LogP contribution < -0.4 is 9.47 Å². The van der Waals surface area contributed by atoms with E-state index in [-0.39, 0.29) is 0 Å². The second-order valence-corrected chi connectivity index (χ2v) is 9.40. The molecule has 0 aliphatic carbocycles. The van der Waals surface area contributed by atoms with Crippen molar-refractivity contribution < 1.29 is 19.0 Å². The third-order valence-corrected chi connectivity index (χ3v) is 4.61. The SMILES string of the molecule is CCc1cc(OCC=C(Br)Br)cc(CC)c1OCCCCOCCON=C(C)C. The van der Waals surface area contributed by atoms with E-state index in [0.29, 0.717) is 33.0 Å². The van der Waals surface area contributed by atoms with Crippen LogP contribution in [0.15, 0.2) is 26.8 Å². The van der Waals surface area contributed by atoms with Gasteiger partial charge in [0.2, 0.25) is 0 Å². The number of nitrogens with zero attached hydrogens (tertiary/aromatic N) is 1. The Morgan fingerprint density at radius 3 is 2.17 bits per heavy atom. The summed E-state index contributed by atoms with van der Waals surface area (Å²) in [5.41, 5.74) is 3.27. The molecule has 0 fully saturated rings. The first kappa shape index (κ1) is 26.0. The van der Waals surface area contributed by atoms with Gasteiger partial charge in [0, 0.05) is 6.61 Å². The summed E-state index contributed by atoms with van der Waals surface area (Å²) in [6.45, 7) is 11.0. The Morgan fingerprint density at radius 2 is 1.59 bits per heavy atom. The topological polar surface area (TPSA) is 49.3 Å². The molecule has 1 aromatic rings. The molecule has 0 amide bonds. The number of halogens is 2. The van der Waals surface area contributed by atoms with Crippen molar-refractivity contribution in [2.24, 2.45) is 5.16 Å². The van der Waals surface area contributed by atoms with Crippen LogP contribution in [0, 0.1) is 0 Å². The Kier molecular flexibility index (Phi) is 14.1. The maximum absolute atomic E-state index is 6.14. The number of benzene rings is 1. The first-order chi connectivity index (χ1) is 14.0. The minimum absolute atomic E-state index is 0.484. The van der Waals surface area contributed by atoms with E-state index < -0.39 is 0 Å². The van der Waals surface area contributed by atoms with Crippen LogP contribution in [0.3, 0.4) is 0 Å². The Labute approximate surface area is 192 Å². The highest BCUT2D eigenvalue weighted by molar-refractivity contribution is 9.28. The lowest BCUT2D eigenvalue weighted by molar-refractivity contribution is 0.0483. The fourth-order valence-corrected chi connectivity index (χ4v) is 2.84. The highest BCUT2D eigenvalue weighted by atomic mass is 79.9. The van der Waals surface area contributed by atoms with Gasteiger partial charge in [0.15, 0.2) is 0 Å². The van der Waals surface area contributed by atoms with Gasteiger partial charge < -0.3 is 19.0 Å². The van der Waals surface area contributed by atoms with Crippen molar-refractivity contribution in [2.75, 3.05) is 33.0 Å². The van der Waals surface area contributed by atoms with E-state index in [1.807, 2.05) is 19.9 Å². The lowest BCUT2D eigenvalue weighted by atomic mass is 10.0. The number of hydrogen-bond donors (Lipinski definition) is 0. The molecule has 5 nitrogen and oxygen atoms in total. The molecule has 1 aromatic carbocycles. The second-order valence-electron chi connectivity index (χ2n) is 6.62. The Bertz CT molecular complexity index is 629. The van der Waals surface area contributed by atoms with Gasteiger partial charge in [-0.1, -0.05) is 19.0 Å². The van der Waals surface area contributed by atoms with Gasteiger partial charge in [0.25, 0.3) is 0 Å². The van der Waals surface area contributed by atoms with Crippen LogP contribution in [-0.4, -0.2) is 38.7 Å². The number of ether oxygens (including phenoxy) is 3. The zero-order chi connectivity index (χ0) is 21.5. The van der Waals surface area contributed by atoms with Gasteiger partial charge in [-0.2, -0.15) is 0 Å². The smallest absolute Gasteiger partial charge is 0.140 e. The average molecular weight is 535 g/mol. The highest BCUT2D eigenvalue weighted by Crippen LogP contribution is 2.31. The van der Waals surface area contributed by atoms with Gasteiger partial charge in [0.1, 0.15) is 24.7 Å². The summed E-state index contributed by atoms with van der Waals surface area (Å²) in [4.78, 5) is 5.10. The van der Waals surface area contributed by atoms with Crippen molar-refractivity contribution in [1.82, 2.24) is 0 Å². The molecule has 0 N–H and O–H groups in total. The largest absolute Gasteiger partial charge is 0.493 e. The number of hydrogen-bond acceptors (Lipinski definition) is 5. The Hall–Kier alpha value is -1.05. The highest BCUT2D eigenvalue weighted by Gasteiger charge is 2.11. The van der Waals surface area contributed by atoms with E-state index >= 15 is 0 Å². The number of oxime groups is 1. The molecule has 0 spiro atoms. The third-order valence-electron chi connectivity index (χ3n) is 3.96. The van der Waals surface area contributed by atoms with Crippen molar-refractivity contribution >= 4 is 37.6 Å². The maximum atomic E-state index is 6.14. The number of unbranched alkanes of at least 4 members (excludes halogenated alkanes) is 1. The van der Waals surface area contributed by atoms with Gasteiger partial charge in [-0.3, -0.25) is 0 Å². The summed E-state index contributed by atoms with van der Waals surface area (Å²) in [6.07, 6.45) is 5.63. The molecule has 164 valence electrons.